The Hall–Kier alpha value is -3.33. The minimum atomic E-state index is -0.110. The molecule has 2 aromatic carbocycles. The lowest BCUT2D eigenvalue weighted by molar-refractivity contribution is -0.102. The van der Waals surface area contributed by atoms with E-state index in [4.69, 9.17) is 23.9 Å². The van der Waals surface area contributed by atoms with Crippen molar-refractivity contribution in [3.8, 4) is 23.5 Å². The van der Waals surface area contributed by atoms with Crippen LogP contribution in [0.5, 0.6) is 11.6 Å². The standard InChI is InChI=1S/C30H33NO4/c1-3-8-23-11-13-24(14-12-23)15-16-28-27(4-2)29(34-20-25-9-6-5-7-10-25)19-30(31-28)35-22-26-21-32-17-18-33-26/h5-7,9-14,19,26H,3-4,8,17-18,20-22H2,1-2H3. The van der Waals surface area contributed by atoms with Gasteiger partial charge in [-0.15, -0.1) is 0 Å². The molecule has 0 saturated carbocycles. The molecule has 35 heavy (non-hydrogen) atoms. The lowest BCUT2D eigenvalue weighted by Crippen LogP contribution is -2.33. The normalized spacial score (nSPS) is 15.2. The first-order chi connectivity index (χ1) is 17.2. The zero-order valence-corrected chi connectivity index (χ0v) is 20.6. The Morgan fingerprint density at radius 2 is 1.77 bits per heavy atom. The first kappa shape index (κ1) is 24.8. The van der Waals surface area contributed by atoms with Gasteiger partial charge in [0.2, 0.25) is 5.88 Å². The lowest BCUT2D eigenvalue weighted by Gasteiger charge is -2.23. The van der Waals surface area contributed by atoms with Crippen LogP contribution in [0.25, 0.3) is 0 Å². The Labute approximate surface area is 208 Å². The maximum atomic E-state index is 6.24. The largest absolute Gasteiger partial charge is 0.488 e. The Balaban J connectivity index is 1.59. The highest BCUT2D eigenvalue weighted by atomic mass is 16.6. The molecule has 5 nitrogen and oxygen atoms in total. The highest BCUT2D eigenvalue weighted by Crippen LogP contribution is 2.28. The Bertz CT molecular complexity index is 1130. The molecule has 1 aliphatic rings. The lowest BCUT2D eigenvalue weighted by atomic mass is 10.1. The molecule has 1 saturated heterocycles. The van der Waals surface area contributed by atoms with Crippen molar-refractivity contribution in [2.75, 3.05) is 26.4 Å². The first-order valence-corrected chi connectivity index (χ1v) is 12.4. The minimum Gasteiger partial charge on any atom is -0.488 e. The van der Waals surface area contributed by atoms with Crippen molar-refractivity contribution in [3.63, 3.8) is 0 Å². The maximum absolute atomic E-state index is 6.24. The summed E-state index contributed by atoms with van der Waals surface area (Å²) < 4.78 is 23.4. The van der Waals surface area contributed by atoms with Crippen LogP contribution >= 0.6 is 0 Å². The van der Waals surface area contributed by atoms with Gasteiger partial charge in [0, 0.05) is 17.2 Å². The zero-order chi connectivity index (χ0) is 24.3. The van der Waals surface area contributed by atoms with Gasteiger partial charge in [0.25, 0.3) is 0 Å². The third-order valence-electron chi connectivity index (χ3n) is 5.77. The van der Waals surface area contributed by atoms with E-state index in [0.717, 1.165) is 41.7 Å². The molecular weight excluding hydrogens is 438 g/mol. The van der Waals surface area contributed by atoms with E-state index in [1.807, 2.05) is 36.4 Å². The van der Waals surface area contributed by atoms with E-state index in [1.54, 1.807) is 0 Å². The topological polar surface area (TPSA) is 49.8 Å². The van der Waals surface area contributed by atoms with Gasteiger partial charge in [-0.05, 0) is 42.0 Å². The van der Waals surface area contributed by atoms with Crippen LogP contribution in [0.15, 0.2) is 60.7 Å². The molecule has 0 N–H and O–H groups in total. The Kier molecular flexibility index (Phi) is 9.17. The van der Waals surface area contributed by atoms with Crippen molar-refractivity contribution in [2.24, 2.45) is 0 Å². The van der Waals surface area contributed by atoms with Gasteiger partial charge in [0.05, 0.1) is 19.8 Å². The minimum absolute atomic E-state index is 0.110. The van der Waals surface area contributed by atoms with Crippen LogP contribution in [0, 0.1) is 11.8 Å². The van der Waals surface area contributed by atoms with Crippen molar-refractivity contribution in [2.45, 2.75) is 45.8 Å². The molecule has 1 fully saturated rings. The third-order valence-corrected chi connectivity index (χ3v) is 5.77. The average Bonchev–Trinajstić information content (AvgIpc) is 2.91. The average molecular weight is 472 g/mol. The van der Waals surface area contributed by atoms with Gasteiger partial charge in [0.15, 0.2) is 0 Å². The van der Waals surface area contributed by atoms with Gasteiger partial charge in [-0.1, -0.05) is 68.7 Å². The van der Waals surface area contributed by atoms with Gasteiger partial charge < -0.3 is 18.9 Å². The monoisotopic (exact) mass is 471 g/mol. The van der Waals surface area contributed by atoms with Crippen LogP contribution in [-0.2, 0) is 28.9 Å². The second kappa shape index (κ2) is 12.9. The molecule has 1 unspecified atom stereocenters. The number of hydrogen-bond donors (Lipinski definition) is 0. The predicted octanol–water partition coefficient (Wildman–Crippen LogP) is 5.37. The van der Waals surface area contributed by atoms with Gasteiger partial charge in [-0.25, -0.2) is 4.98 Å². The predicted molar refractivity (Wildman–Crippen MR) is 137 cm³/mol. The quantitative estimate of drug-likeness (QED) is 0.393. The summed E-state index contributed by atoms with van der Waals surface area (Å²) in [5.41, 5.74) is 5.03. The number of ether oxygens (including phenoxy) is 4. The van der Waals surface area contributed by atoms with E-state index < -0.39 is 0 Å². The van der Waals surface area contributed by atoms with Crippen molar-refractivity contribution in [1.29, 1.82) is 0 Å². The van der Waals surface area contributed by atoms with Crippen LogP contribution in [0.3, 0.4) is 0 Å². The van der Waals surface area contributed by atoms with E-state index in [2.05, 4.69) is 50.0 Å². The van der Waals surface area contributed by atoms with Gasteiger partial charge in [-0.3, -0.25) is 0 Å². The van der Waals surface area contributed by atoms with E-state index in [1.165, 1.54) is 5.56 Å². The van der Waals surface area contributed by atoms with Crippen LogP contribution in [0.2, 0.25) is 0 Å². The number of aromatic nitrogens is 1. The van der Waals surface area contributed by atoms with Crippen LogP contribution in [-0.4, -0.2) is 37.5 Å². The maximum Gasteiger partial charge on any atom is 0.218 e. The van der Waals surface area contributed by atoms with E-state index in [0.29, 0.717) is 44.6 Å². The number of hydrogen-bond acceptors (Lipinski definition) is 5. The van der Waals surface area contributed by atoms with Gasteiger partial charge >= 0.3 is 0 Å². The third kappa shape index (κ3) is 7.32. The van der Waals surface area contributed by atoms with Crippen molar-refractivity contribution < 1.29 is 18.9 Å². The molecule has 0 radical (unpaired) electrons. The fourth-order valence-corrected chi connectivity index (χ4v) is 3.89. The molecule has 182 valence electrons. The van der Waals surface area contributed by atoms with Gasteiger partial charge in [0.1, 0.15) is 30.8 Å². The SMILES string of the molecule is CCCc1ccc(C#Cc2nc(OCC3COCCO3)cc(OCc3ccccc3)c2CC)cc1. The van der Waals surface area contributed by atoms with E-state index >= 15 is 0 Å². The fraction of sp³-hybridized carbons (Fsp3) is 0.367. The second-order valence-corrected chi connectivity index (χ2v) is 8.49. The Morgan fingerprint density at radius 1 is 0.943 bits per heavy atom. The van der Waals surface area contributed by atoms with Gasteiger partial charge in [-0.2, -0.15) is 0 Å². The molecule has 0 aliphatic carbocycles. The molecule has 1 aromatic heterocycles. The molecule has 3 aromatic rings. The second-order valence-electron chi connectivity index (χ2n) is 8.49. The summed E-state index contributed by atoms with van der Waals surface area (Å²) in [4.78, 5) is 4.73. The molecular formula is C30H33NO4. The van der Waals surface area contributed by atoms with Crippen molar-refractivity contribution in [3.05, 3.63) is 88.6 Å². The van der Waals surface area contributed by atoms with Crippen molar-refractivity contribution >= 4 is 0 Å². The van der Waals surface area contributed by atoms with Crippen LogP contribution < -0.4 is 9.47 Å². The summed E-state index contributed by atoms with van der Waals surface area (Å²) in [6, 6.07) is 20.4. The fourth-order valence-electron chi connectivity index (χ4n) is 3.89. The first-order valence-electron chi connectivity index (χ1n) is 12.4. The summed E-state index contributed by atoms with van der Waals surface area (Å²) in [5, 5.41) is 0. The highest BCUT2D eigenvalue weighted by Gasteiger charge is 2.17. The number of benzene rings is 2. The Morgan fingerprint density at radius 3 is 2.49 bits per heavy atom. The molecule has 0 amide bonds. The number of pyridine rings is 1. The number of rotatable bonds is 9. The summed E-state index contributed by atoms with van der Waals surface area (Å²) in [5.74, 6) is 7.76. The van der Waals surface area contributed by atoms with Crippen molar-refractivity contribution in [1.82, 2.24) is 4.98 Å². The van der Waals surface area contributed by atoms with Crippen LogP contribution in [0.4, 0.5) is 0 Å². The number of aryl methyl sites for hydroxylation is 1. The molecule has 4 rings (SSSR count). The highest BCUT2D eigenvalue weighted by molar-refractivity contribution is 5.50. The number of nitrogens with zero attached hydrogens (tertiary/aromatic N) is 1. The molecule has 0 spiro atoms. The summed E-state index contributed by atoms with van der Waals surface area (Å²) in [6.07, 6.45) is 2.84. The molecule has 1 atom stereocenters. The van der Waals surface area contributed by atoms with E-state index in [9.17, 15) is 0 Å². The zero-order valence-electron chi connectivity index (χ0n) is 20.6. The van der Waals surface area contributed by atoms with E-state index in [-0.39, 0.29) is 6.10 Å². The van der Waals surface area contributed by atoms with Crippen LogP contribution in [0.1, 0.15) is 48.2 Å². The molecule has 1 aliphatic heterocycles. The summed E-state index contributed by atoms with van der Waals surface area (Å²) in [7, 11) is 0. The summed E-state index contributed by atoms with van der Waals surface area (Å²) in [6.45, 7) is 6.82. The molecule has 0 bridgehead atoms. The smallest absolute Gasteiger partial charge is 0.218 e. The molecule has 2 heterocycles. The molecule has 5 heteroatoms. The summed E-state index contributed by atoms with van der Waals surface area (Å²) >= 11 is 0.